The average Bonchev–Trinajstić information content (AvgIpc) is 3.16. The summed E-state index contributed by atoms with van der Waals surface area (Å²) in [6.07, 6.45) is 0. The lowest BCUT2D eigenvalue weighted by Gasteiger charge is -2.26. The second-order valence-corrected chi connectivity index (χ2v) is 7.43. The van der Waals surface area contributed by atoms with E-state index in [0.29, 0.717) is 37.6 Å². The Bertz CT molecular complexity index is 751. The van der Waals surface area contributed by atoms with Crippen molar-refractivity contribution >= 4 is 21.6 Å². The average molecular weight is 340 g/mol. The molecule has 0 aliphatic carbocycles. The van der Waals surface area contributed by atoms with Crippen molar-refractivity contribution in [2.75, 3.05) is 44.8 Å². The number of ether oxygens (including phenoxy) is 3. The zero-order chi connectivity index (χ0) is 16.1. The van der Waals surface area contributed by atoms with Gasteiger partial charge in [0.25, 0.3) is 11.7 Å². The first-order valence-electron chi connectivity index (χ1n) is 7.36. The molecule has 1 amide bonds. The highest BCUT2D eigenvalue weighted by atomic mass is 32.2. The highest BCUT2D eigenvalue weighted by Crippen LogP contribution is 2.43. The quantitative estimate of drug-likeness (QED) is 0.805. The van der Waals surface area contributed by atoms with Crippen LogP contribution in [0.4, 0.5) is 5.69 Å². The molecule has 0 atom stereocenters. The van der Waals surface area contributed by atoms with Crippen molar-refractivity contribution in [3.05, 3.63) is 23.8 Å². The Balaban J connectivity index is 1.75. The largest absolute Gasteiger partial charge is 0.379 e. The molecule has 124 valence electrons. The third kappa shape index (κ3) is 2.19. The van der Waals surface area contributed by atoms with Gasteiger partial charge in [-0.05, 0) is 18.2 Å². The van der Waals surface area contributed by atoms with E-state index in [2.05, 4.69) is 5.32 Å². The molecule has 9 heteroatoms. The van der Waals surface area contributed by atoms with Crippen LogP contribution >= 0.6 is 0 Å². The molecule has 1 aromatic carbocycles. The lowest BCUT2D eigenvalue weighted by atomic mass is 10.1. The van der Waals surface area contributed by atoms with E-state index in [4.69, 9.17) is 14.2 Å². The number of sulfonamides is 1. The Morgan fingerprint density at radius 3 is 2.48 bits per heavy atom. The first-order valence-corrected chi connectivity index (χ1v) is 8.80. The van der Waals surface area contributed by atoms with Crippen LogP contribution in [0.5, 0.6) is 0 Å². The van der Waals surface area contributed by atoms with Gasteiger partial charge in [0.1, 0.15) is 0 Å². The van der Waals surface area contributed by atoms with Gasteiger partial charge in [-0.3, -0.25) is 4.79 Å². The highest BCUT2D eigenvalue weighted by molar-refractivity contribution is 7.89. The lowest BCUT2D eigenvalue weighted by Crippen LogP contribution is -2.40. The van der Waals surface area contributed by atoms with Gasteiger partial charge in [-0.2, -0.15) is 4.31 Å². The molecular formula is C14H16N2O6S. The minimum atomic E-state index is -3.64. The topological polar surface area (TPSA) is 94.2 Å². The highest BCUT2D eigenvalue weighted by Gasteiger charge is 2.52. The molecule has 2 fully saturated rings. The number of morpholine rings is 1. The minimum Gasteiger partial charge on any atom is -0.379 e. The smallest absolute Gasteiger partial charge is 0.289 e. The van der Waals surface area contributed by atoms with E-state index in [0.717, 1.165) is 0 Å². The summed E-state index contributed by atoms with van der Waals surface area (Å²) in [5.74, 6) is -1.95. The zero-order valence-electron chi connectivity index (χ0n) is 12.3. The van der Waals surface area contributed by atoms with Gasteiger partial charge in [0.15, 0.2) is 0 Å². The number of nitrogens with one attached hydrogen (secondary N) is 1. The van der Waals surface area contributed by atoms with Crippen molar-refractivity contribution in [3.63, 3.8) is 0 Å². The normalized spacial score (nSPS) is 23.9. The summed E-state index contributed by atoms with van der Waals surface area (Å²) >= 11 is 0. The van der Waals surface area contributed by atoms with Crippen molar-refractivity contribution in [1.82, 2.24) is 4.31 Å². The Labute approximate surface area is 133 Å². The molecule has 0 saturated carbocycles. The van der Waals surface area contributed by atoms with Gasteiger partial charge in [0.2, 0.25) is 10.0 Å². The first kappa shape index (κ1) is 15.0. The lowest BCUT2D eigenvalue weighted by molar-refractivity contribution is -0.178. The molecule has 2 saturated heterocycles. The van der Waals surface area contributed by atoms with Gasteiger partial charge in [-0.25, -0.2) is 8.42 Å². The fourth-order valence-electron chi connectivity index (χ4n) is 3.03. The Morgan fingerprint density at radius 1 is 1.09 bits per heavy atom. The maximum Gasteiger partial charge on any atom is 0.289 e. The van der Waals surface area contributed by atoms with Crippen molar-refractivity contribution in [2.24, 2.45) is 0 Å². The van der Waals surface area contributed by atoms with E-state index in [1.54, 1.807) is 6.07 Å². The molecule has 3 aliphatic heterocycles. The van der Waals surface area contributed by atoms with Crippen LogP contribution in [0.2, 0.25) is 0 Å². The Kier molecular flexibility index (Phi) is 3.43. The second kappa shape index (κ2) is 5.25. The third-order valence-corrected chi connectivity index (χ3v) is 6.09. The van der Waals surface area contributed by atoms with E-state index in [1.165, 1.54) is 16.4 Å². The number of nitrogens with zero attached hydrogens (tertiary/aromatic N) is 1. The summed E-state index contributed by atoms with van der Waals surface area (Å²) in [5, 5.41) is 2.67. The van der Waals surface area contributed by atoms with E-state index in [-0.39, 0.29) is 18.1 Å². The van der Waals surface area contributed by atoms with Gasteiger partial charge in [-0.15, -0.1) is 0 Å². The summed E-state index contributed by atoms with van der Waals surface area (Å²) in [6.45, 7) is 1.95. The fraction of sp³-hybridized carbons (Fsp3) is 0.500. The van der Waals surface area contributed by atoms with Crippen LogP contribution in [0.3, 0.4) is 0 Å². The number of hydrogen-bond donors (Lipinski definition) is 1. The van der Waals surface area contributed by atoms with Crippen LogP contribution in [0.15, 0.2) is 23.1 Å². The van der Waals surface area contributed by atoms with Crippen LogP contribution in [0, 0.1) is 0 Å². The minimum absolute atomic E-state index is 0.119. The number of anilines is 1. The Hall–Kier alpha value is -1.52. The molecule has 0 unspecified atom stereocenters. The third-order valence-electron chi connectivity index (χ3n) is 4.19. The van der Waals surface area contributed by atoms with E-state index in [9.17, 15) is 13.2 Å². The number of carbonyl (C=O) groups excluding carboxylic acids is 1. The number of benzene rings is 1. The molecule has 1 aromatic rings. The summed E-state index contributed by atoms with van der Waals surface area (Å²) < 4.78 is 43.1. The monoisotopic (exact) mass is 340 g/mol. The molecule has 0 bridgehead atoms. The van der Waals surface area contributed by atoms with E-state index >= 15 is 0 Å². The van der Waals surface area contributed by atoms with Crippen LogP contribution < -0.4 is 5.32 Å². The van der Waals surface area contributed by atoms with Crippen LogP contribution in [0.1, 0.15) is 5.56 Å². The van der Waals surface area contributed by atoms with Crippen molar-refractivity contribution in [3.8, 4) is 0 Å². The maximum atomic E-state index is 12.8. The molecule has 0 radical (unpaired) electrons. The van der Waals surface area contributed by atoms with Gasteiger partial charge in [0, 0.05) is 18.7 Å². The summed E-state index contributed by atoms with van der Waals surface area (Å²) in [6, 6.07) is 4.52. The number of amides is 1. The van der Waals surface area contributed by atoms with E-state index in [1.807, 2.05) is 0 Å². The Morgan fingerprint density at radius 2 is 1.78 bits per heavy atom. The number of fused-ring (bicyclic) bond motifs is 2. The SMILES string of the molecule is O=C1Nc2ccc(S(=O)(=O)N3CCOCC3)cc2C12OCCO2. The molecule has 1 spiro atoms. The van der Waals surface area contributed by atoms with Crippen LogP contribution in [-0.2, 0) is 34.8 Å². The second-order valence-electron chi connectivity index (χ2n) is 5.49. The molecular weight excluding hydrogens is 324 g/mol. The maximum absolute atomic E-state index is 12.8. The van der Waals surface area contributed by atoms with Gasteiger partial charge < -0.3 is 19.5 Å². The predicted octanol–water partition coefficient (Wildman–Crippen LogP) is -0.141. The predicted molar refractivity (Wildman–Crippen MR) is 78.2 cm³/mol. The van der Waals surface area contributed by atoms with Gasteiger partial charge in [-0.1, -0.05) is 0 Å². The summed E-state index contributed by atoms with van der Waals surface area (Å²) in [7, 11) is -3.64. The van der Waals surface area contributed by atoms with Crippen LogP contribution in [0.25, 0.3) is 0 Å². The van der Waals surface area contributed by atoms with Crippen LogP contribution in [-0.4, -0.2) is 58.1 Å². The number of hydrogen-bond acceptors (Lipinski definition) is 6. The summed E-state index contributed by atoms with van der Waals surface area (Å²) in [5.41, 5.74) is 0.923. The number of rotatable bonds is 2. The standard InChI is InChI=1S/C14H16N2O6S/c17-13-14(21-7-8-22-14)11-9-10(1-2-12(11)15-13)23(18,19)16-3-5-20-6-4-16/h1-2,9H,3-8H2,(H,15,17). The molecule has 1 N–H and O–H groups in total. The summed E-state index contributed by atoms with van der Waals surface area (Å²) in [4.78, 5) is 12.3. The van der Waals surface area contributed by atoms with Crippen molar-refractivity contribution in [1.29, 1.82) is 0 Å². The van der Waals surface area contributed by atoms with Crippen molar-refractivity contribution in [2.45, 2.75) is 10.7 Å². The molecule has 4 rings (SSSR count). The number of carbonyl (C=O) groups is 1. The molecule has 8 nitrogen and oxygen atoms in total. The first-order chi connectivity index (χ1) is 11.0. The fourth-order valence-corrected chi connectivity index (χ4v) is 4.46. The van der Waals surface area contributed by atoms with Gasteiger partial charge >= 0.3 is 0 Å². The molecule has 3 heterocycles. The molecule has 0 aromatic heterocycles. The van der Waals surface area contributed by atoms with Gasteiger partial charge in [0.05, 0.1) is 37.0 Å². The zero-order valence-corrected chi connectivity index (χ0v) is 13.1. The molecule has 23 heavy (non-hydrogen) atoms. The van der Waals surface area contributed by atoms with Crippen molar-refractivity contribution < 1.29 is 27.4 Å². The molecule has 3 aliphatic rings. The van der Waals surface area contributed by atoms with E-state index < -0.39 is 21.7 Å².